The second-order valence-electron chi connectivity index (χ2n) is 5.43. The molecule has 0 aliphatic carbocycles. The van der Waals surface area contributed by atoms with Crippen LogP contribution in [-0.4, -0.2) is 19.4 Å². The Morgan fingerprint density at radius 2 is 2.14 bits per heavy atom. The van der Waals surface area contributed by atoms with E-state index in [1.54, 1.807) is 0 Å². The number of fused-ring (bicyclic) bond motifs is 1. The minimum Gasteiger partial charge on any atom is -0.493 e. The molecule has 1 N–H and O–H groups in total. The first kappa shape index (κ1) is 14.5. The Morgan fingerprint density at radius 1 is 1.24 bits per heavy atom. The van der Waals surface area contributed by atoms with Gasteiger partial charge in [0.15, 0.2) is 0 Å². The molecule has 0 spiro atoms. The molecular weight excluding hydrogens is 278 g/mol. The minimum atomic E-state index is 0.362. The third-order valence-electron chi connectivity index (χ3n) is 3.87. The van der Waals surface area contributed by atoms with Gasteiger partial charge in [-0.05, 0) is 43.3 Å². The smallest absolute Gasteiger partial charge is 0.122 e. The molecule has 0 amide bonds. The molecule has 3 heteroatoms. The second kappa shape index (κ2) is 6.54. The molecule has 1 aliphatic rings. The number of ether oxygens (including phenoxy) is 1. The fourth-order valence-electron chi connectivity index (χ4n) is 2.65. The SMILES string of the molecule is CNC(CSc1cccc(C)c1)c1ccc2c(c1)CCO2. The quantitative estimate of drug-likeness (QED) is 0.844. The van der Waals surface area contributed by atoms with Crippen LogP contribution in [0.4, 0.5) is 0 Å². The van der Waals surface area contributed by atoms with Gasteiger partial charge in [-0.1, -0.05) is 29.8 Å². The molecule has 0 fully saturated rings. The van der Waals surface area contributed by atoms with Crippen LogP contribution in [-0.2, 0) is 6.42 Å². The topological polar surface area (TPSA) is 21.3 Å². The molecular formula is C18H21NOS. The summed E-state index contributed by atoms with van der Waals surface area (Å²) in [5, 5.41) is 3.43. The van der Waals surface area contributed by atoms with E-state index >= 15 is 0 Å². The van der Waals surface area contributed by atoms with Crippen molar-refractivity contribution in [3.05, 3.63) is 59.2 Å². The molecule has 110 valence electrons. The van der Waals surface area contributed by atoms with Gasteiger partial charge in [0.25, 0.3) is 0 Å². The monoisotopic (exact) mass is 299 g/mol. The Labute approximate surface area is 130 Å². The van der Waals surface area contributed by atoms with Crippen LogP contribution in [0.5, 0.6) is 5.75 Å². The summed E-state index contributed by atoms with van der Waals surface area (Å²) >= 11 is 1.90. The van der Waals surface area contributed by atoms with Crippen molar-refractivity contribution in [2.75, 3.05) is 19.4 Å². The average molecular weight is 299 g/mol. The van der Waals surface area contributed by atoms with Crippen molar-refractivity contribution in [1.29, 1.82) is 0 Å². The average Bonchev–Trinajstić information content (AvgIpc) is 2.95. The van der Waals surface area contributed by atoms with Crippen molar-refractivity contribution in [2.24, 2.45) is 0 Å². The van der Waals surface area contributed by atoms with E-state index in [0.29, 0.717) is 6.04 Å². The van der Waals surface area contributed by atoms with Crippen LogP contribution < -0.4 is 10.1 Å². The lowest BCUT2D eigenvalue weighted by atomic mass is 10.0. The summed E-state index contributed by atoms with van der Waals surface area (Å²) in [5.41, 5.74) is 4.01. The highest BCUT2D eigenvalue weighted by Gasteiger charge is 2.16. The highest BCUT2D eigenvalue weighted by atomic mass is 32.2. The number of thioether (sulfide) groups is 1. The number of nitrogens with one attached hydrogen (secondary N) is 1. The number of hydrogen-bond acceptors (Lipinski definition) is 3. The standard InChI is InChI=1S/C18H21NOS/c1-13-4-3-5-16(10-13)21-12-17(19-2)14-6-7-18-15(11-14)8-9-20-18/h3-7,10-11,17,19H,8-9,12H2,1-2H3. The summed E-state index contributed by atoms with van der Waals surface area (Å²) in [6.07, 6.45) is 1.03. The van der Waals surface area contributed by atoms with Crippen molar-refractivity contribution in [1.82, 2.24) is 5.32 Å². The van der Waals surface area contributed by atoms with Crippen LogP contribution in [0.2, 0.25) is 0 Å². The number of aryl methyl sites for hydroxylation is 1. The predicted molar refractivity (Wildman–Crippen MR) is 89.3 cm³/mol. The Morgan fingerprint density at radius 3 is 2.95 bits per heavy atom. The predicted octanol–water partition coefficient (Wildman–Crippen LogP) is 3.98. The first-order valence-electron chi connectivity index (χ1n) is 7.38. The Bertz CT molecular complexity index is 626. The van der Waals surface area contributed by atoms with Crippen molar-refractivity contribution < 1.29 is 4.74 Å². The fourth-order valence-corrected chi connectivity index (χ4v) is 3.82. The Hall–Kier alpha value is -1.45. The van der Waals surface area contributed by atoms with Gasteiger partial charge in [0.2, 0.25) is 0 Å². The van der Waals surface area contributed by atoms with Gasteiger partial charge in [0.05, 0.1) is 6.61 Å². The minimum absolute atomic E-state index is 0.362. The van der Waals surface area contributed by atoms with Crippen LogP contribution >= 0.6 is 11.8 Å². The van der Waals surface area contributed by atoms with Gasteiger partial charge in [-0.2, -0.15) is 0 Å². The third-order valence-corrected chi connectivity index (χ3v) is 4.96. The lowest BCUT2D eigenvalue weighted by Crippen LogP contribution is -2.18. The van der Waals surface area contributed by atoms with Crippen molar-refractivity contribution in [2.45, 2.75) is 24.3 Å². The van der Waals surface area contributed by atoms with Gasteiger partial charge < -0.3 is 10.1 Å². The maximum Gasteiger partial charge on any atom is 0.122 e. The normalized spacial score (nSPS) is 14.6. The van der Waals surface area contributed by atoms with Gasteiger partial charge >= 0.3 is 0 Å². The first-order valence-corrected chi connectivity index (χ1v) is 8.37. The van der Waals surface area contributed by atoms with Crippen LogP contribution in [0, 0.1) is 6.92 Å². The van der Waals surface area contributed by atoms with Crippen LogP contribution in [0.3, 0.4) is 0 Å². The van der Waals surface area contributed by atoms with Crippen molar-refractivity contribution in [3.8, 4) is 5.75 Å². The molecule has 2 aromatic carbocycles. The Balaban J connectivity index is 1.70. The molecule has 1 atom stereocenters. The number of benzene rings is 2. The molecule has 1 unspecified atom stereocenters. The zero-order chi connectivity index (χ0) is 14.7. The molecule has 0 radical (unpaired) electrons. The molecule has 0 saturated heterocycles. The van der Waals surface area contributed by atoms with E-state index in [1.165, 1.54) is 21.6 Å². The number of hydrogen-bond donors (Lipinski definition) is 1. The number of rotatable bonds is 5. The first-order chi connectivity index (χ1) is 10.3. The fraction of sp³-hybridized carbons (Fsp3) is 0.333. The Kier molecular flexibility index (Phi) is 4.51. The lowest BCUT2D eigenvalue weighted by Gasteiger charge is -2.17. The summed E-state index contributed by atoms with van der Waals surface area (Å²) in [6, 6.07) is 15.6. The molecule has 1 heterocycles. The maximum atomic E-state index is 5.58. The molecule has 2 nitrogen and oxygen atoms in total. The molecule has 2 aromatic rings. The van der Waals surface area contributed by atoms with E-state index < -0.39 is 0 Å². The highest BCUT2D eigenvalue weighted by molar-refractivity contribution is 7.99. The molecule has 0 bridgehead atoms. The summed E-state index contributed by atoms with van der Waals surface area (Å²) < 4.78 is 5.58. The van der Waals surface area contributed by atoms with Gasteiger partial charge in [-0.25, -0.2) is 0 Å². The van der Waals surface area contributed by atoms with Gasteiger partial charge in [0.1, 0.15) is 5.75 Å². The van der Waals surface area contributed by atoms with Crippen molar-refractivity contribution in [3.63, 3.8) is 0 Å². The van der Waals surface area contributed by atoms with Crippen LogP contribution in [0.25, 0.3) is 0 Å². The zero-order valence-corrected chi connectivity index (χ0v) is 13.4. The summed E-state index contributed by atoms with van der Waals surface area (Å²) in [5.74, 6) is 2.08. The van der Waals surface area contributed by atoms with E-state index in [9.17, 15) is 0 Å². The van der Waals surface area contributed by atoms with Crippen molar-refractivity contribution >= 4 is 11.8 Å². The van der Waals surface area contributed by atoms with E-state index in [4.69, 9.17) is 4.74 Å². The lowest BCUT2D eigenvalue weighted by molar-refractivity contribution is 0.357. The maximum absolute atomic E-state index is 5.58. The van der Waals surface area contributed by atoms with Gasteiger partial charge in [0, 0.05) is 23.1 Å². The zero-order valence-electron chi connectivity index (χ0n) is 12.6. The highest BCUT2D eigenvalue weighted by Crippen LogP contribution is 2.30. The molecule has 21 heavy (non-hydrogen) atoms. The second-order valence-corrected chi connectivity index (χ2v) is 6.53. The summed E-state index contributed by atoms with van der Waals surface area (Å²) in [6.45, 7) is 2.96. The van der Waals surface area contributed by atoms with E-state index in [1.807, 2.05) is 18.8 Å². The largest absolute Gasteiger partial charge is 0.493 e. The van der Waals surface area contributed by atoms with Crippen LogP contribution in [0.1, 0.15) is 22.7 Å². The summed E-state index contributed by atoms with van der Waals surface area (Å²) in [7, 11) is 2.03. The molecule has 1 aliphatic heterocycles. The van der Waals surface area contributed by atoms with Gasteiger partial charge in [-0.15, -0.1) is 11.8 Å². The molecule has 0 aromatic heterocycles. The molecule has 0 saturated carbocycles. The van der Waals surface area contributed by atoms with Crippen LogP contribution in [0.15, 0.2) is 47.4 Å². The third kappa shape index (κ3) is 3.42. The van der Waals surface area contributed by atoms with E-state index in [-0.39, 0.29) is 0 Å². The summed E-state index contributed by atoms with van der Waals surface area (Å²) in [4.78, 5) is 1.33. The van der Waals surface area contributed by atoms with E-state index in [2.05, 4.69) is 54.7 Å². The molecule has 3 rings (SSSR count). The van der Waals surface area contributed by atoms with E-state index in [0.717, 1.165) is 24.5 Å². The van der Waals surface area contributed by atoms with Gasteiger partial charge in [-0.3, -0.25) is 0 Å².